The molecule has 0 radical (unpaired) electrons. The number of aromatic amines is 1. The molecule has 5 rings (SSSR count). The van der Waals surface area contributed by atoms with Gasteiger partial charge in [-0.25, -0.2) is 4.79 Å². The fourth-order valence-electron chi connectivity index (χ4n) is 4.51. The van der Waals surface area contributed by atoms with Gasteiger partial charge in [0, 0.05) is 36.1 Å². The van der Waals surface area contributed by atoms with Crippen LogP contribution >= 0.6 is 0 Å². The average Bonchev–Trinajstić information content (AvgIpc) is 3.31. The smallest absolute Gasteiger partial charge is 0.327 e. The molecule has 25 heavy (non-hydrogen) atoms. The van der Waals surface area contributed by atoms with Crippen LogP contribution in [0.4, 0.5) is 4.79 Å². The third-order valence-electron chi connectivity index (χ3n) is 5.87. The number of fused-ring (bicyclic) bond motifs is 4. The number of aromatic nitrogens is 1. The van der Waals surface area contributed by atoms with Crippen molar-refractivity contribution in [1.29, 1.82) is 0 Å². The predicted molar refractivity (Wildman–Crippen MR) is 94.1 cm³/mol. The fraction of sp³-hybridized carbons (Fsp3) is 0.474. The number of para-hydroxylation sites is 1. The first-order valence-electron chi connectivity index (χ1n) is 9.15. The van der Waals surface area contributed by atoms with Gasteiger partial charge in [0.25, 0.3) is 5.91 Å². The first-order valence-corrected chi connectivity index (χ1v) is 9.15. The Labute approximate surface area is 146 Å². The topological polar surface area (TPSA) is 59.7 Å². The highest BCUT2D eigenvalue weighted by Gasteiger charge is 2.47. The monoisotopic (exact) mass is 338 g/mol. The predicted octanol–water partition coefficient (Wildman–Crippen LogP) is 1.95. The van der Waals surface area contributed by atoms with Gasteiger partial charge < -0.3 is 14.8 Å². The summed E-state index contributed by atoms with van der Waals surface area (Å²) in [5.74, 6) is -0.0277. The molecule has 1 aromatic carbocycles. The highest BCUT2D eigenvalue weighted by molar-refractivity contribution is 6.05. The maximum absolute atomic E-state index is 12.9. The molecule has 6 heteroatoms. The molecular weight excluding hydrogens is 316 g/mol. The Hall–Kier alpha value is -2.34. The number of likely N-dealkylation sites (tertiary alicyclic amines) is 1. The number of hydrogen-bond acceptors (Lipinski definition) is 3. The normalized spacial score (nSPS) is 23.6. The second kappa shape index (κ2) is 5.59. The number of carbonyl (C=O) groups excluding carboxylic acids is 2. The Kier molecular flexibility index (Phi) is 3.35. The van der Waals surface area contributed by atoms with Crippen LogP contribution in [0.1, 0.15) is 24.1 Å². The molecule has 1 unspecified atom stereocenters. The zero-order valence-electron chi connectivity index (χ0n) is 14.2. The zero-order chi connectivity index (χ0) is 17.0. The Morgan fingerprint density at radius 1 is 1.08 bits per heavy atom. The number of H-pyrrole nitrogens is 1. The van der Waals surface area contributed by atoms with Crippen LogP contribution in [0.2, 0.25) is 0 Å². The summed E-state index contributed by atoms with van der Waals surface area (Å²) in [5.41, 5.74) is 3.35. The van der Waals surface area contributed by atoms with Crippen LogP contribution in [0.25, 0.3) is 10.9 Å². The number of rotatable bonds is 3. The maximum Gasteiger partial charge on any atom is 0.327 e. The van der Waals surface area contributed by atoms with Crippen molar-refractivity contribution < 1.29 is 9.59 Å². The van der Waals surface area contributed by atoms with E-state index in [4.69, 9.17) is 0 Å². The lowest BCUT2D eigenvalue weighted by molar-refractivity contribution is -0.128. The molecular formula is C19H22N4O2. The standard InChI is InChI=1S/C19H22N4O2/c24-18-17-11-14-13-5-1-2-6-15(13)20-16(14)12-23(17)19(25)22(18)10-9-21-7-3-4-8-21/h1-2,5-6,17,20H,3-4,7-12H2. The average molecular weight is 338 g/mol. The van der Waals surface area contributed by atoms with Crippen molar-refractivity contribution in [3.63, 3.8) is 0 Å². The lowest BCUT2D eigenvalue weighted by Gasteiger charge is -2.26. The quantitative estimate of drug-likeness (QED) is 0.870. The van der Waals surface area contributed by atoms with Gasteiger partial charge in [-0.2, -0.15) is 0 Å². The van der Waals surface area contributed by atoms with Crippen molar-refractivity contribution in [3.8, 4) is 0 Å². The van der Waals surface area contributed by atoms with Crippen LogP contribution in [0, 0.1) is 0 Å². The van der Waals surface area contributed by atoms with E-state index in [0.29, 0.717) is 19.5 Å². The minimum Gasteiger partial charge on any atom is -0.357 e. The summed E-state index contributed by atoms with van der Waals surface area (Å²) < 4.78 is 0. The molecule has 2 saturated heterocycles. The van der Waals surface area contributed by atoms with Gasteiger partial charge in [0.15, 0.2) is 0 Å². The van der Waals surface area contributed by atoms with Crippen LogP contribution in [-0.2, 0) is 17.8 Å². The number of imide groups is 1. The summed E-state index contributed by atoms with van der Waals surface area (Å²) in [6, 6.07) is 7.70. The van der Waals surface area contributed by atoms with E-state index in [1.54, 1.807) is 4.90 Å². The highest BCUT2D eigenvalue weighted by atomic mass is 16.2. The van der Waals surface area contributed by atoms with Crippen molar-refractivity contribution in [2.45, 2.75) is 31.8 Å². The molecule has 3 aliphatic heterocycles. The molecule has 2 fully saturated rings. The van der Waals surface area contributed by atoms with E-state index in [0.717, 1.165) is 30.8 Å². The number of nitrogens with zero attached hydrogens (tertiary/aromatic N) is 3. The minimum absolute atomic E-state index is 0.0277. The second-order valence-electron chi connectivity index (χ2n) is 7.30. The van der Waals surface area contributed by atoms with Gasteiger partial charge in [0.1, 0.15) is 6.04 Å². The summed E-state index contributed by atoms with van der Waals surface area (Å²) in [6.07, 6.45) is 3.06. The molecule has 0 bridgehead atoms. The van der Waals surface area contributed by atoms with Crippen molar-refractivity contribution in [3.05, 3.63) is 35.5 Å². The van der Waals surface area contributed by atoms with E-state index >= 15 is 0 Å². The summed E-state index contributed by atoms with van der Waals surface area (Å²) in [7, 11) is 0. The van der Waals surface area contributed by atoms with Crippen molar-refractivity contribution >= 4 is 22.8 Å². The number of carbonyl (C=O) groups is 2. The Morgan fingerprint density at radius 2 is 1.88 bits per heavy atom. The van der Waals surface area contributed by atoms with E-state index in [9.17, 15) is 9.59 Å². The maximum atomic E-state index is 12.9. The molecule has 6 nitrogen and oxygen atoms in total. The summed E-state index contributed by atoms with van der Waals surface area (Å²) in [5, 5.41) is 1.17. The molecule has 2 aromatic rings. The Bertz CT molecular complexity index is 852. The van der Waals surface area contributed by atoms with Crippen LogP contribution in [0.15, 0.2) is 24.3 Å². The SMILES string of the molecule is O=C1C2Cc3c([nH]c4ccccc34)CN2C(=O)N1CCN1CCCC1. The summed E-state index contributed by atoms with van der Waals surface area (Å²) in [6.45, 7) is 3.98. The van der Waals surface area contributed by atoms with E-state index in [1.165, 1.54) is 28.7 Å². The summed E-state index contributed by atoms with van der Waals surface area (Å²) in [4.78, 5) is 34.6. The van der Waals surface area contributed by atoms with Gasteiger partial charge >= 0.3 is 6.03 Å². The Morgan fingerprint density at radius 3 is 2.72 bits per heavy atom. The third-order valence-corrected chi connectivity index (χ3v) is 5.87. The third kappa shape index (κ3) is 2.28. The van der Waals surface area contributed by atoms with E-state index in [1.807, 2.05) is 18.2 Å². The molecule has 1 N–H and O–H groups in total. The second-order valence-corrected chi connectivity index (χ2v) is 7.30. The number of hydrogen-bond donors (Lipinski definition) is 1. The van der Waals surface area contributed by atoms with Gasteiger partial charge in [-0.3, -0.25) is 9.69 Å². The van der Waals surface area contributed by atoms with Crippen molar-refractivity contribution in [2.24, 2.45) is 0 Å². The number of amides is 3. The Balaban J connectivity index is 1.38. The first-order chi connectivity index (χ1) is 12.2. The van der Waals surface area contributed by atoms with Gasteiger partial charge in [0.2, 0.25) is 0 Å². The molecule has 0 aliphatic carbocycles. The van der Waals surface area contributed by atoms with Gasteiger partial charge in [0.05, 0.1) is 6.54 Å². The highest BCUT2D eigenvalue weighted by Crippen LogP contribution is 2.34. The molecule has 3 amide bonds. The number of urea groups is 1. The zero-order valence-corrected chi connectivity index (χ0v) is 14.2. The largest absolute Gasteiger partial charge is 0.357 e. The van der Waals surface area contributed by atoms with Gasteiger partial charge in [-0.15, -0.1) is 0 Å². The number of nitrogens with one attached hydrogen (secondary N) is 1. The van der Waals surface area contributed by atoms with Crippen molar-refractivity contribution in [2.75, 3.05) is 26.2 Å². The van der Waals surface area contributed by atoms with Crippen LogP contribution in [0.3, 0.4) is 0 Å². The van der Waals surface area contributed by atoms with Crippen LogP contribution < -0.4 is 0 Å². The first kappa shape index (κ1) is 15.0. The minimum atomic E-state index is -0.335. The molecule has 1 aromatic heterocycles. The fourth-order valence-corrected chi connectivity index (χ4v) is 4.51. The van der Waals surface area contributed by atoms with Crippen LogP contribution in [-0.4, -0.2) is 63.8 Å². The van der Waals surface area contributed by atoms with Gasteiger partial charge in [-0.1, -0.05) is 18.2 Å². The summed E-state index contributed by atoms with van der Waals surface area (Å²) >= 11 is 0. The molecule has 130 valence electrons. The molecule has 0 saturated carbocycles. The van der Waals surface area contributed by atoms with Gasteiger partial charge in [-0.05, 0) is 37.6 Å². The molecule has 3 aliphatic rings. The lowest BCUT2D eigenvalue weighted by atomic mass is 9.97. The molecule has 1 atom stereocenters. The lowest BCUT2D eigenvalue weighted by Crippen LogP contribution is -2.39. The van der Waals surface area contributed by atoms with E-state index in [-0.39, 0.29) is 18.0 Å². The van der Waals surface area contributed by atoms with E-state index in [2.05, 4.69) is 16.0 Å². The molecule has 0 spiro atoms. The van der Waals surface area contributed by atoms with Crippen molar-refractivity contribution in [1.82, 2.24) is 19.7 Å². The van der Waals surface area contributed by atoms with E-state index < -0.39 is 0 Å². The molecule has 4 heterocycles. The number of benzene rings is 1. The van der Waals surface area contributed by atoms with Crippen LogP contribution in [0.5, 0.6) is 0 Å².